The van der Waals surface area contributed by atoms with Crippen molar-refractivity contribution >= 4 is 5.78 Å². The van der Waals surface area contributed by atoms with Gasteiger partial charge in [0.05, 0.1) is 0 Å². The van der Waals surface area contributed by atoms with Crippen LogP contribution in [0, 0.1) is 5.92 Å². The number of hydrogen-bond donors (Lipinski definition) is 0. The summed E-state index contributed by atoms with van der Waals surface area (Å²) in [6, 6.07) is 6.87. The van der Waals surface area contributed by atoms with Crippen LogP contribution in [0.2, 0.25) is 0 Å². The van der Waals surface area contributed by atoms with E-state index in [0.717, 1.165) is 44.9 Å². The summed E-state index contributed by atoms with van der Waals surface area (Å²) in [6.45, 7) is 8.68. The van der Waals surface area contributed by atoms with Gasteiger partial charge in [0, 0.05) is 12.3 Å². The molecule has 1 heteroatoms. The number of carbonyl (C=O) groups is 1. The highest BCUT2D eigenvalue weighted by atomic mass is 16.1. The maximum atomic E-state index is 12.2. The van der Waals surface area contributed by atoms with E-state index in [1.165, 1.54) is 16.7 Å². The lowest BCUT2D eigenvalue weighted by atomic mass is 9.89. The average Bonchev–Trinajstić information content (AvgIpc) is 2.49. The van der Waals surface area contributed by atoms with Gasteiger partial charge in [-0.05, 0) is 48.8 Å². The molecular weight excluding hydrogens is 244 g/mol. The zero-order chi connectivity index (χ0) is 15.0. The zero-order valence-electron chi connectivity index (χ0n) is 13.7. The third-order valence-corrected chi connectivity index (χ3v) is 4.14. The molecule has 0 saturated heterocycles. The lowest BCUT2D eigenvalue weighted by molar-refractivity contribution is -0.123. The third kappa shape index (κ3) is 5.11. The highest BCUT2D eigenvalue weighted by molar-refractivity contribution is 5.81. The molecule has 1 aromatic carbocycles. The molecule has 0 N–H and O–H groups in total. The Kier molecular flexibility index (Phi) is 7.58. The van der Waals surface area contributed by atoms with Crippen LogP contribution in [-0.4, -0.2) is 5.78 Å². The van der Waals surface area contributed by atoms with Crippen LogP contribution in [0.3, 0.4) is 0 Å². The molecule has 20 heavy (non-hydrogen) atoms. The molecule has 0 heterocycles. The molecular formula is C19H30O. The number of benzene rings is 1. The van der Waals surface area contributed by atoms with Crippen LogP contribution >= 0.6 is 0 Å². The SMILES string of the molecule is CCCCC(=O)C(CC)Cc1cc(CC)cc(CC)c1. The van der Waals surface area contributed by atoms with Crippen LogP contribution in [-0.2, 0) is 24.1 Å². The molecule has 0 radical (unpaired) electrons. The quantitative estimate of drug-likeness (QED) is 0.609. The Morgan fingerprint density at radius 1 is 0.950 bits per heavy atom. The summed E-state index contributed by atoms with van der Waals surface area (Å²) in [5.74, 6) is 0.660. The van der Waals surface area contributed by atoms with Crippen LogP contribution in [0.4, 0.5) is 0 Å². The number of Topliss-reactive ketones (excluding diaryl/α,β-unsaturated/α-hetero) is 1. The van der Waals surface area contributed by atoms with Crippen molar-refractivity contribution in [3.05, 3.63) is 34.9 Å². The second-order valence-electron chi connectivity index (χ2n) is 5.74. The van der Waals surface area contributed by atoms with E-state index in [1.54, 1.807) is 0 Å². The number of ketones is 1. The van der Waals surface area contributed by atoms with E-state index in [0.29, 0.717) is 5.78 Å². The van der Waals surface area contributed by atoms with E-state index >= 15 is 0 Å². The lowest BCUT2D eigenvalue weighted by Gasteiger charge is -2.15. The number of aryl methyl sites for hydroxylation is 2. The van der Waals surface area contributed by atoms with Crippen molar-refractivity contribution in [2.24, 2.45) is 5.92 Å². The number of unbranched alkanes of at least 4 members (excludes halogenated alkanes) is 1. The molecule has 0 aromatic heterocycles. The first kappa shape index (κ1) is 16.9. The predicted molar refractivity (Wildman–Crippen MR) is 87.2 cm³/mol. The lowest BCUT2D eigenvalue weighted by Crippen LogP contribution is -2.16. The van der Waals surface area contributed by atoms with E-state index in [2.05, 4.69) is 45.9 Å². The van der Waals surface area contributed by atoms with Crippen molar-refractivity contribution in [1.82, 2.24) is 0 Å². The van der Waals surface area contributed by atoms with Gasteiger partial charge in [-0.25, -0.2) is 0 Å². The van der Waals surface area contributed by atoms with Gasteiger partial charge in [0.1, 0.15) is 5.78 Å². The van der Waals surface area contributed by atoms with E-state index in [9.17, 15) is 4.79 Å². The Labute approximate surface area is 124 Å². The van der Waals surface area contributed by atoms with Gasteiger partial charge in [-0.2, -0.15) is 0 Å². The normalized spacial score (nSPS) is 12.4. The molecule has 1 unspecified atom stereocenters. The van der Waals surface area contributed by atoms with Crippen LogP contribution in [0.1, 0.15) is 70.1 Å². The van der Waals surface area contributed by atoms with Crippen molar-refractivity contribution in [3.63, 3.8) is 0 Å². The van der Waals surface area contributed by atoms with Crippen molar-refractivity contribution in [1.29, 1.82) is 0 Å². The van der Waals surface area contributed by atoms with Crippen molar-refractivity contribution in [3.8, 4) is 0 Å². The molecule has 0 aliphatic rings. The molecule has 0 aliphatic heterocycles. The average molecular weight is 274 g/mol. The standard InChI is InChI=1S/C19H30O/c1-5-9-10-19(20)18(8-4)14-17-12-15(6-2)11-16(7-3)13-17/h11-13,18H,5-10,14H2,1-4H3. The minimum absolute atomic E-state index is 0.207. The summed E-state index contributed by atoms with van der Waals surface area (Å²) < 4.78 is 0. The molecule has 0 bridgehead atoms. The van der Waals surface area contributed by atoms with Gasteiger partial charge in [0.15, 0.2) is 0 Å². The highest BCUT2D eigenvalue weighted by Crippen LogP contribution is 2.19. The fraction of sp³-hybridized carbons (Fsp3) is 0.632. The minimum atomic E-state index is 0.207. The molecule has 1 nitrogen and oxygen atoms in total. The maximum Gasteiger partial charge on any atom is 0.136 e. The first-order valence-electron chi connectivity index (χ1n) is 8.28. The minimum Gasteiger partial charge on any atom is -0.299 e. The topological polar surface area (TPSA) is 17.1 Å². The molecule has 1 aromatic rings. The van der Waals surface area contributed by atoms with E-state index in [4.69, 9.17) is 0 Å². The summed E-state index contributed by atoms with van der Waals surface area (Å²) in [6.07, 6.45) is 6.91. The summed E-state index contributed by atoms with van der Waals surface area (Å²) in [5, 5.41) is 0. The second kappa shape index (κ2) is 8.94. The summed E-state index contributed by atoms with van der Waals surface area (Å²) in [4.78, 5) is 12.2. The smallest absolute Gasteiger partial charge is 0.136 e. The van der Waals surface area contributed by atoms with Gasteiger partial charge in [-0.15, -0.1) is 0 Å². The Morgan fingerprint density at radius 3 is 1.95 bits per heavy atom. The Balaban J connectivity index is 2.80. The molecule has 0 fully saturated rings. The molecule has 0 aliphatic carbocycles. The van der Waals surface area contributed by atoms with Gasteiger partial charge in [0.2, 0.25) is 0 Å². The van der Waals surface area contributed by atoms with E-state index < -0.39 is 0 Å². The highest BCUT2D eigenvalue weighted by Gasteiger charge is 2.16. The van der Waals surface area contributed by atoms with Gasteiger partial charge in [-0.3, -0.25) is 4.79 Å². The molecule has 0 amide bonds. The summed E-state index contributed by atoms with van der Waals surface area (Å²) in [7, 11) is 0. The fourth-order valence-corrected chi connectivity index (χ4v) is 2.69. The van der Waals surface area contributed by atoms with Gasteiger partial charge < -0.3 is 0 Å². The zero-order valence-corrected chi connectivity index (χ0v) is 13.7. The third-order valence-electron chi connectivity index (χ3n) is 4.14. The number of hydrogen-bond acceptors (Lipinski definition) is 1. The Morgan fingerprint density at radius 2 is 1.50 bits per heavy atom. The van der Waals surface area contributed by atoms with E-state index in [-0.39, 0.29) is 5.92 Å². The van der Waals surface area contributed by atoms with Crippen molar-refractivity contribution in [2.75, 3.05) is 0 Å². The van der Waals surface area contributed by atoms with Crippen LogP contribution in [0.25, 0.3) is 0 Å². The monoisotopic (exact) mass is 274 g/mol. The van der Waals surface area contributed by atoms with E-state index in [1.807, 2.05) is 0 Å². The van der Waals surface area contributed by atoms with Crippen molar-refractivity contribution < 1.29 is 4.79 Å². The van der Waals surface area contributed by atoms with Gasteiger partial charge >= 0.3 is 0 Å². The Hall–Kier alpha value is -1.11. The Bertz CT molecular complexity index is 398. The number of rotatable bonds is 9. The summed E-state index contributed by atoms with van der Waals surface area (Å²) in [5.41, 5.74) is 4.14. The predicted octanol–water partition coefficient (Wildman–Crippen LogP) is 5.14. The molecule has 0 spiro atoms. The fourth-order valence-electron chi connectivity index (χ4n) is 2.69. The molecule has 1 rings (SSSR count). The summed E-state index contributed by atoms with van der Waals surface area (Å²) >= 11 is 0. The maximum absolute atomic E-state index is 12.2. The molecule has 112 valence electrons. The van der Waals surface area contributed by atoms with Crippen LogP contribution < -0.4 is 0 Å². The van der Waals surface area contributed by atoms with Gasteiger partial charge in [0.25, 0.3) is 0 Å². The first-order valence-corrected chi connectivity index (χ1v) is 8.28. The van der Waals surface area contributed by atoms with Crippen LogP contribution in [0.5, 0.6) is 0 Å². The second-order valence-corrected chi connectivity index (χ2v) is 5.74. The number of carbonyl (C=O) groups excluding carboxylic acids is 1. The van der Waals surface area contributed by atoms with Crippen molar-refractivity contribution in [2.45, 2.75) is 72.6 Å². The largest absolute Gasteiger partial charge is 0.299 e. The molecule has 1 atom stereocenters. The van der Waals surface area contributed by atoms with Crippen LogP contribution in [0.15, 0.2) is 18.2 Å². The van der Waals surface area contributed by atoms with Gasteiger partial charge in [-0.1, -0.05) is 52.3 Å². The molecule has 0 saturated carbocycles. The first-order chi connectivity index (χ1) is 9.64.